The first kappa shape index (κ1) is 22.2. The summed E-state index contributed by atoms with van der Waals surface area (Å²) in [4.78, 5) is 18.7. The van der Waals surface area contributed by atoms with Crippen LogP contribution in [0, 0.1) is 5.92 Å². The van der Waals surface area contributed by atoms with Crippen molar-refractivity contribution in [3.8, 4) is 0 Å². The van der Waals surface area contributed by atoms with Crippen LogP contribution in [0.4, 0.5) is 0 Å². The molecule has 7 nitrogen and oxygen atoms in total. The molecule has 162 valence electrons. The van der Waals surface area contributed by atoms with Crippen LogP contribution in [0.15, 0.2) is 36.2 Å². The summed E-state index contributed by atoms with van der Waals surface area (Å²) in [6.07, 6.45) is 9.57. The molecule has 3 rings (SSSR count). The van der Waals surface area contributed by atoms with Gasteiger partial charge < -0.3 is 14.8 Å². The van der Waals surface area contributed by atoms with E-state index >= 15 is 0 Å². The van der Waals surface area contributed by atoms with Gasteiger partial charge in [-0.1, -0.05) is 18.6 Å². The first-order valence-corrected chi connectivity index (χ1v) is 11.0. The van der Waals surface area contributed by atoms with E-state index < -0.39 is 0 Å². The molecule has 2 aromatic rings. The molecule has 2 aromatic heterocycles. The molecule has 1 atom stereocenters. The Balaban J connectivity index is 1.46. The SMILES string of the molecule is CC(C)=CCC[C@@H](C)CN1CCc2nnc(CCNC(=O)c3cccnc3)n2CC1. The molecule has 0 spiro atoms. The highest BCUT2D eigenvalue weighted by Gasteiger charge is 2.19. The number of rotatable bonds is 9. The van der Waals surface area contributed by atoms with Crippen molar-refractivity contribution in [1.82, 2.24) is 30.0 Å². The molecule has 1 aliphatic rings. The van der Waals surface area contributed by atoms with Crippen molar-refractivity contribution >= 4 is 5.91 Å². The standard InChI is InChI=1S/C23H34N6O/c1-18(2)6-4-7-19(3)17-28-13-10-22-27-26-21(29(22)15-14-28)9-12-25-23(30)20-8-5-11-24-16-20/h5-6,8,11,16,19H,4,7,9-10,12-15,17H2,1-3H3,(H,25,30)/t19-/m1/s1. The normalized spacial score (nSPS) is 15.2. The van der Waals surface area contributed by atoms with Crippen LogP contribution in [-0.4, -0.2) is 56.7 Å². The van der Waals surface area contributed by atoms with Crippen molar-refractivity contribution in [2.45, 2.75) is 53.0 Å². The number of carbonyl (C=O) groups excluding carboxylic acids is 1. The lowest BCUT2D eigenvalue weighted by Crippen LogP contribution is -2.31. The first-order valence-electron chi connectivity index (χ1n) is 11.0. The molecule has 7 heteroatoms. The fraction of sp³-hybridized carbons (Fsp3) is 0.565. The van der Waals surface area contributed by atoms with Crippen LogP contribution in [-0.2, 0) is 19.4 Å². The van der Waals surface area contributed by atoms with Gasteiger partial charge >= 0.3 is 0 Å². The van der Waals surface area contributed by atoms with Crippen molar-refractivity contribution in [1.29, 1.82) is 0 Å². The molecule has 3 heterocycles. The van der Waals surface area contributed by atoms with Gasteiger partial charge in [0.25, 0.3) is 5.91 Å². The number of amides is 1. The van der Waals surface area contributed by atoms with Crippen molar-refractivity contribution in [2.75, 3.05) is 26.2 Å². The topological polar surface area (TPSA) is 75.9 Å². The number of carbonyl (C=O) groups is 1. The van der Waals surface area contributed by atoms with Gasteiger partial charge in [-0.05, 0) is 44.7 Å². The number of pyridine rings is 1. The number of fused-ring (bicyclic) bond motifs is 1. The second kappa shape index (κ2) is 11.0. The van der Waals surface area contributed by atoms with E-state index in [1.54, 1.807) is 24.5 Å². The van der Waals surface area contributed by atoms with Crippen LogP contribution >= 0.6 is 0 Å². The summed E-state index contributed by atoms with van der Waals surface area (Å²) in [7, 11) is 0. The van der Waals surface area contributed by atoms with Crippen LogP contribution in [0.1, 0.15) is 55.6 Å². The largest absolute Gasteiger partial charge is 0.352 e. The van der Waals surface area contributed by atoms with E-state index in [4.69, 9.17) is 0 Å². The molecule has 0 bridgehead atoms. The molecule has 1 N–H and O–H groups in total. The van der Waals surface area contributed by atoms with Gasteiger partial charge in [0.15, 0.2) is 0 Å². The second-order valence-corrected chi connectivity index (χ2v) is 8.45. The highest BCUT2D eigenvalue weighted by molar-refractivity contribution is 5.93. The van der Waals surface area contributed by atoms with E-state index in [0.717, 1.165) is 50.7 Å². The Labute approximate surface area is 179 Å². The summed E-state index contributed by atoms with van der Waals surface area (Å²) in [5, 5.41) is 11.7. The van der Waals surface area contributed by atoms with E-state index in [2.05, 4.69) is 56.8 Å². The molecule has 0 saturated carbocycles. The maximum absolute atomic E-state index is 12.2. The Morgan fingerprint density at radius 1 is 1.27 bits per heavy atom. The number of aromatic nitrogens is 4. The average Bonchev–Trinajstić information content (AvgIpc) is 3.00. The van der Waals surface area contributed by atoms with Crippen LogP contribution in [0.25, 0.3) is 0 Å². The lowest BCUT2D eigenvalue weighted by atomic mass is 10.0. The third-order valence-corrected chi connectivity index (χ3v) is 5.54. The Morgan fingerprint density at radius 3 is 2.90 bits per heavy atom. The highest BCUT2D eigenvalue weighted by Crippen LogP contribution is 2.14. The van der Waals surface area contributed by atoms with Gasteiger partial charge in [-0.2, -0.15) is 0 Å². The predicted molar refractivity (Wildman–Crippen MR) is 118 cm³/mol. The summed E-state index contributed by atoms with van der Waals surface area (Å²) in [5.41, 5.74) is 1.98. The van der Waals surface area contributed by atoms with Gasteiger partial charge in [-0.3, -0.25) is 9.78 Å². The first-order chi connectivity index (χ1) is 14.5. The number of allylic oxidation sites excluding steroid dienone is 2. The summed E-state index contributed by atoms with van der Waals surface area (Å²) < 4.78 is 2.24. The zero-order valence-electron chi connectivity index (χ0n) is 18.5. The minimum absolute atomic E-state index is 0.105. The lowest BCUT2D eigenvalue weighted by molar-refractivity contribution is 0.0953. The quantitative estimate of drug-likeness (QED) is 0.644. The number of hydrogen-bond acceptors (Lipinski definition) is 5. The molecule has 1 amide bonds. The average molecular weight is 411 g/mol. The molecule has 0 aliphatic carbocycles. The van der Waals surface area contributed by atoms with Crippen LogP contribution in [0.2, 0.25) is 0 Å². The van der Waals surface area contributed by atoms with E-state index in [0.29, 0.717) is 24.4 Å². The monoisotopic (exact) mass is 410 g/mol. The van der Waals surface area contributed by atoms with Crippen molar-refractivity contribution in [3.63, 3.8) is 0 Å². The van der Waals surface area contributed by atoms with Crippen molar-refractivity contribution in [2.24, 2.45) is 5.92 Å². The molecule has 0 fully saturated rings. The zero-order chi connectivity index (χ0) is 21.3. The predicted octanol–water partition coefficient (Wildman–Crippen LogP) is 2.89. The summed E-state index contributed by atoms with van der Waals surface area (Å²) in [5.74, 6) is 2.59. The second-order valence-electron chi connectivity index (χ2n) is 8.45. The van der Waals surface area contributed by atoms with Crippen LogP contribution in [0.5, 0.6) is 0 Å². The summed E-state index contributed by atoms with van der Waals surface area (Å²) in [6, 6.07) is 3.53. The van der Waals surface area contributed by atoms with E-state index in [9.17, 15) is 4.79 Å². The molecular formula is C23H34N6O. The van der Waals surface area contributed by atoms with E-state index in [1.165, 1.54) is 12.0 Å². The minimum Gasteiger partial charge on any atom is -0.352 e. The molecule has 0 saturated heterocycles. The number of hydrogen-bond donors (Lipinski definition) is 1. The fourth-order valence-electron chi connectivity index (χ4n) is 3.87. The van der Waals surface area contributed by atoms with Crippen LogP contribution in [0.3, 0.4) is 0 Å². The molecule has 0 radical (unpaired) electrons. The fourth-order valence-corrected chi connectivity index (χ4v) is 3.87. The Morgan fingerprint density at radius 2 is 2.13 bits per heavy atom. The van der Waals surface area contributed by atoms with Gasteiger partial charge in [0.05, 0.1) is 5.56 Å². The van der Waals surface area contributed by atoms with Gasteiger partial charge in [0, 0.05) is 58.0 Å². The highest BCUT2D eigenvalue weighted by atomic mass is 16.1. The molecular weight excluding hydrogens is 376 g/mol. The molecule has 0 aromatic carbocycles. The lowest BCUT2D eigenvalue weighted by Gasteiger charge is -2.23. The van der Waals surface area contributed by atoms with Gasteiger partial charge in [0.1, 0.15) is 11.6 Å². The van der Waals surface area contributed by atoms with Crippen molar-refractivity contribution in [3.05, 3.63) is 53.4 Å². The third-order valence-electron chi connectivity index (χ3n) is 5.54. The number of nitrogens with one attached hydrogen (secondary N) is 1. The maximum Gasteiger partial charge on any atom is 0.252 e. The Bertz CT molecular complexity index is 841. The molecule has 1 aliphatic heterocycles. The van der Waals surface area contributed by atoms with E-state index in [1.807, 2.05) is 0 Å². The van der Waals surface area contributed by atoms with Gasteiger partial charge in [-0.15, -0.1) is 10.2 Å². The van der Waals surface area contributed by atoms with Crippen molar-refractivity contribution < 1.29 is 4.79 Å². The summed E-state index contributed by atoms with van der Waals surface area (Å²) >= 11 is 0. The minimum atomic E-state index is -0.105. The third kappa shape index (κ3) is 6.49. The van der Waals surface area contributed by atoms with Gasteiger partial charge in [0.2, 0.25) is 0 Å². The molecule has 30 heavy (non-hydrogen) atoms. The Kier molecular flexibility index (Phi) is 8.13. The number of nitrogens with zero attached hydrogens (tertiary/aromatic N) is 5. The smallest absolute Gasteiger partial charge is 0.252 e. The zero-order valence-corrected chi connectivity index (χ0v) is 18.5. The van der Waals surface area contributed by atoms with Gasteiger partial charge in [-0.25, -0.2) is 0 Å². The Hall–Kier alpha value is -2.54. The maximum atomic E-state index is 12.2. The summed E-state index contributed by atoms with van der Waals surface area (Å²) in [6.45, 7) is 11.3. The van der Waals surface area contributed by atoms with Crippen LogP contribution < -0.4 is 5.32 Å². The van der Waals surface area contributed by atoms with E-state index in [-0.39, 0.29) is 5.91 Å². The molecule has 0 unspecified atom stereocenters.